The quantitative estimate of drug-likeness (QED) is 0.0516. The molecule has 4 aliphatic heterocycles. The summed E-state index contributed by atoms with van der Waals surface area (Å²) in [5.74, 6) is -3.14. The molecule has 3 aromatic carbocycles. The molecule has 15 nitrogen and oxygen atoms in total. The smallest absolute Gasteiger partial charge is 0.422 e. The molecule has 0 bridgehead atoms. The second-order valence-electron chi connectivity index (χ2n) is 20.3. The van der Waals surface area contributed by atoms with Crippen LogP contribution >= 0.6 is 23.1 Å². The highest BCUT2D eigenvalue weighted by molar-refractivity contribution is 9.10. The van der Waals surface area contributed by atoms with Gasteiger partial charge in [-0.1, -0.05) is 13.0 Å². The number of pyridine rings is 1. The van der Waals surface area contributed by atoms with Gasteiger partial charge in [0.2, 0.25) is 23.7 Å². The number of benzene rings is 3. The first-order valence-electron chi connectivity index (χ1n) is 25.4. The number of aromatic nitrogens is 3. The van der Waals surface area contributed by atoms with Crippen LogP contribution in [0.2, 0.25) is 0 Å². The van der Waals surface area contributed by atoms with Crippen molar-refractivity contribution in [2.24, 2.45) is 5.92 Å². The molecule has 2 atom stereocenters. The Hall–Kier alpha value is -5.76. The number of piperidine rings is 3. The number of hydrogen-bond donors (Lipinski definition) is 3. The van der Waals surface area contributed by atoms with E-state index in [4.69, 9.17) is 4.74 Å². The molecule has 9 rings (SSSR count). The maximum Gasteiger partial charge on any atom is 0.422 e. The van der Waals surface area contributed by atoms with Crippen LogP contribution in [0.1, 0.15) is 74.6 Å². The Balaban J connectivity index is 0.801. The van der Waals surface area contributed by atoms with Gasteiger partial charge in [-0.15, -0.1) is 0 Å². The van der Waals surface area contributed by atoms with E-state index >= 15 is 8.78 Å². The summed E-state index contributed by atoms with van der Waals surface area (Å²) in [5.41, 5.74) is 3.61. The van der Waals surface area contributed by atoms with Crippen molar-refractivity contribution in [2.45, 2.75) is 83.4 Å². The van der Waals surface area contributed by atoms with Crippen molar-refractivity contribution in [1.82, 2.24) is 30.1 Å². The Labute approximate surface area is 440 Å². The molecule has 0 spiro atoms. The van der Waals surface area contributed by atoms with Crippen molar-refractivity contribution in [2.75, 3.05) is 92.7 Å². The van der Waals surface area contributed by atoms with E-state index in [0.717, 1.165) is 63.1 Å². The highest BCUT2D eigenvalue weighted by Crippen LogP contribution is 2.43. The molecule has 4 fully saturated rings. The number of ether oxygens (including phenoxy) is 1. The Morgan fingerprint density at radius 1 is 0.880 bits per heavy atom. The van der Waals surface area contributed by atoms with Crippen LogP contribution in [0.3, 0.4) is 0 Å². The number of halogens is 6. The average molecular weight is 1120 g/mol. The Morgan fingerprint density at radius 2 is 1.61 bits per heavy atom. The standard InChI is InChI=1S/C53H61BrF5N10O5P/c1-5-33-24-43(63-52-60-29-38(54)50(65-52)62-42-10-9-41-36(7-6-31(2)61-41)49(42)75(3,4)73)45(74-30-53(57,58)59)28-44(33)69-19-15-34(27-47(69)71)68-22-20-66(21-23-68)16-12-32-13-17-67(18-14-32)35-25-39(55)48(40(56)26-35)37-8-11-46(70)64-51(37)72/h6-7,9-10,24-26,28-29,32,34,37H,5,8,11-23,27,30H2,1-4H3,(H,64,70,72)(H2,60,62,63,65). The Morgan fingerprint density at radius 3 is 2.28 bits per heavy atom. The van der Waals surface area contributed by atoms with Crippen LogP contribution < -0.4 is 35.8 Å². The lowest BCUT2D eigenvalue weighted by molar-refractivity contribution is -0.153. The normalized spacial score (nSPS) is 19.7. The van der Waals surface area contributed by atoms with Crippen LogP contribution in [0, 0.1) is 24.5 Å². The summed E-state index contributed by atoms with van der Waals surface area (Å²) in [6.45, 7) is 11.5. The number of imide groups is 1. The summed E-state index contributed by atoms with van der Waals surface area (Å²) in [6, 6.07) is 13.1. The van der Waals surface area contributed by atoms with E-state index in [-0.39, 0.29) is 54.2 Å². The van der Waals surface area contributed by atoms with Gasteiger partial charge in [0.1, 0.15) is 30.3 Å². The lowest BCUT2D eigenvalue weighted by atomic mass is 9.89. The van der Waals surface area contributed by atoms with Crippen molar-refractivity contribution in [3.05, 3.63) is 87.7 Å². The highest BCUT2D eigenvalue weighted by Gasteiger charge is 2.36. The number of aryl methyl sites for hydroxylation is 2. The van der Waals surface area contributed by atoms with E-state index < -0.39 is 49.3 Å². The summed E-state index contributed by atoms with van der Waals surface area (Å²) in [7, 11) is -2.87. The maximum atomic E-state index is 15.3. The largest absolute Gasteiger partial charge is 0.482 e. The number of hydrogen-bond acceptors (Lipinski definition) is 13. The van der Waals surface area contributed by atoms with Gasteiger partial charge < -0.3 is 34.6 Å². The number of nitrogens with zero attached hydrogens (tertiary/aromatic N) is 7. The Kier molecular flexibility index (Phi) is 16.2. The second kappa shape index (κ2) is 22.4. The first kappa shape index (κ1) is 54.0. The minimum absolute atomic E-state index is 0.0189. The lowest BCUT2D eigenvalue weighted by Crippen LogP contribution is -2.54. The number of carbonyl (C=O) groups excluding carboxylic acids is 3. The van der Waals surface area contributed by atoms with E-state index in [1.165, 1.54) is 24.4 Å². The molecule has 2 aromatic heterocycles. The fraction of sp³-hybridized carbons (Fsp3) is 0.472. The number of rotatable bonds is 15. The van der Waals surface area contributed by atoms with Crippen molar-refractivity contribution in [3.63, 3.8) is 0 Å². The summed E-state index contributed by atoms with van der Waals surface area (Å²) in [5, 5.41) is 9.86. The van der Waals surface area contributed by atoms with Gasteiger partial charge in [0.25, 0.3) is 0 Å². The fourth-order valence-corrected chi connectivity index (χ4v) is 12.7. The van der Waals surface area contributed by atoms with Crippen molar-refractivity contribution >= 4 is 91.5 Å². The topological polar surface area (TPSA) is 165 Å². The predicted molar refractivity (Wildman–Crippen MR) is 284 cm³/mol. The lowest BCUT2D eigenvalue weighted by Gasteiger charge is -2.43. The first-order chi connectivity index (χ1) is 35.7. The van der Waals surface area contributed by atoms with Gasteiger partial charge in [-0.2, -0.15) is 18.2 Å². The molecule has 2 unspecified atom stereocenters. The zero-order valence-electron chi connectivity index (χ0n) is 42.3. The van der Waals surface area contributed by atoms with Gasteiger partial charge in [-0.25, -0.2) is 13.8 Å². The maximum absolute atomic E-state index is 15.3. The molecule has 22 heteroatoms. The molecule has 400 valence electrons. The molecular weight excluding hydrogens is 1060 g/mol. The number of alkyl halides is 3. The molecule has 0 radical (unpaired) electrons. The number of piperazine rings is 1. The summed E-state index contributed by atoms with van der Waals surface area (Å²) >= 11 is 3.51. The molecule has 3 amide bonds. The number of amides is 3. The van der Waals surface area contributed by atoms with Gasteiger partial charge in [-0.05, 0) is 129 Å². The number of fused-ring (bicyclic) bond motifs is 1. The van der Waals surface area contributed by atoms with Crippen LogP contribution in [-0.2, 0) is 25.4 Å². The summed E-state index contributed by atoms with van der Waals surface area (Å²) < 4.78 is 91.2. The molecule has 3 N–H and O–H groups in total. The van der Waals surface area contributed by atoms with Gasteiger partial charge in [-0.3, -0.25) is 29.6 Å². The zero-order chi connectivity index (χ0) is 53.3. The third kappa shape index (κ3) is 12.6. The summed E-state index contributed by atoms with van der Waals surface area (Å²) in [4.78, 5) is 60.0. The van der Waals surface area contributed by atoms with E-state index in [9.17, 15) is 32.1 Å². The third-order valence-electron chi connectivity index (χ3n) is 14.8. The fourth-order valence-electron chi connectivity index (χ4n) is 10.9. The molecule has 4 aliphatic rings. The van der Waals surface area contributed by atoms with Crippen LogP contribution in [0.25, 0.3) is 10.9 Å². The van der Waals surface area contributed by atoms with Crippen LogP contribution in [0.15, 0.2) is 59.2 Å². The Bertz CT molecular complexity index is 3010. The monoisotopic (exact) mass is 1120 g/mol. The van der Waals surface area contributed by atoms with Crippen molar-refractivity contribution in [3.8, 4) is 5.75 Å². The minimum Gasteiger partial charge on any atom is -0.482 e. The highest BCUT2D eigenvalue weighted by atomic mass is 79.9. The number of nitrogens with one attached hydrogen (secondary N) is 3. The van der Waals surface area contributed by atoms with Crippen molar-refractivity contribution in [1.29, 1.82) is 0 Å². The van der Waals surface area contributed by atoms with Crippen LogP contribution in [-0.4, -0.2) is 127 Å². The second-order valence-corrected chi connectivity index (χ2v) is 24.3. The number of anilines is 6. The minimum atomic E-state index is -4.64. The zero-order valence-corrected chi connectivity index (χ0v) is 44.8. The van der Waals surface area contributed by atoms with E-state index in [1.54, 1.807) is 30.4 Å². The van der Waals surface area contributed by atoms with Crippen LogP contribution in [0.4, 0.5) is 56.5 Å². The van der Waals surface area contributed by atoms with Gasteiger partial charge in [0, 0.05) is 105 Å². The van der Waals surface area contributed by atoms with Gasteiger partial charge >= 0.3 is 6.18 Å². The third-order valence-corrected chi connectivity index (χ3v) is 17.0. The predicted octanol–water partition coefficient (Wildman–Crippen LogP) is 9.55. The van der Waals surface area contributed by atoms with Crippen LogP contribution in [0.5, 0.6) is 5.75 Å². The molecule has 4 saturated heterocycles. The molecule has 0 saturated carbocycles. The van der Waals surface area contributed by atoms with Gasteiger partial charge in [0.05, 0.1) is 33.0 Å². The summed E-state index contributed by atoms with van der Waals surface area (Å²) in [6.07, 6.45) is 1.11. The molecule has 0 aliphatic carbocycles. The van der Waals surface area contributed by atoms with Gasteiger partial charge in [0.15, 0.2) is 6.61 Å². The molecule has 75 heavy (non-hydrogen) atoms. The first-order valence-corrected chi connectivity index (χ1v) is 28.8. The molecular formula is C53H61BrF5N10O5P. The SMILES string of the molecule is CCc1cc(Nc2ncc(Br)c(Nc3ccc4nc(C)ccc4c3P(C)(C)=O)n2)c(OCC(F)(F)F)cc1N1CCC(N2CCN(CCC3CCN(c4cc(F)c(C5CCC(=O)NC5=O)c(F)c4)CC3)CC2)CC1=O. The van der Waals surface area contributed by atoms with E-state index in [0.29, 0.717) is 82.1 Å². The molecule has 6 heterocycles. The van der Waals surface area contributed by atoms with Crippen molar-refractivity contribution < 1.29 is 45.6 Å². The average Bonchev–Trinajstić information content (AvgIpc) is 3.36. The van der Waals surface area contributed by atoms with E-state index in [2.05, 4.69) is 56.6 Å². The van der Waals surface area contributed by atoms with E-state index in [1.807, 2.05) is 36.9 Å². The number of carbonyl (C=O) groups is 3. The molecule has 5 aromatic rings.